The molecule has 2 fully saturated rings. The molecule has 1 saturated carbocycles. The summed E-state index contributed by atoms with van der Waals surface area (Å²) in [6.45, 7) is 0.750. The number of fused-ring (bicyclic) bond motifs is 1. The fourth-order valence-electron chi connectivity index (χ4n) is 4.53. The summed E-state index contributed by atoms with van der Waals surface area (Å²) in [6.07, 6.45) is 5.72. The fourth-order valence-corrected chi connectivity index (χ4v) is 4.53. The Bertz CT molecular complexity index is 768. The van der Waals surface area contributed by atoms with Gasteiger partial charge in [-0.1, -0.05) is 36.4 Å². The van der Waals surface area contributed by atoms with Crippen molar-refractivity contribution in [2.75, 3.05) is 13.7 Å². The van der Waals surface area contributed by atoms with E-state index in [0.29, 0.717) is 12.3 Å². The van der Waals surface area contributed by atoms with Crippen molar-refractivity contribution in [3.63, 3.8) is 0 Å². The van der Waals surface area contributed by atoms with E-state index in [1.54, 1.807) is 13.3 Å². The first kappa shape index (κ1) is 18.0. The molecule has 1 aromatic carbocycles. The molecule has 1 aliphatic heterocycles. The number of rotatable bonds is 5. The van der Waals surface area contributed by atoms with Gasteiger partial charge in [0.2, 0.25) is 11.8 Å². The van der Waals surface area contributed by atoms with E-state index in [1.165, 1.54) is 0 Å². The summed E-state index contributed by atoms with van der Waals surface area (Å²) in [5.41, 5.74) is 0.811. The first-order valence-electron chi connectivity index (χ1n) is 9.66. The van der Waals surface area contributed by atoms with Gasteiger partial charge in [0.15, 0.2) is 0 Å². The number of amides is 1. The lowest BCUT2D eigenvalue weighted by Crippen LogP contribution is -2.53. The maximum atomic E-state index is 13.0. The highest BCUT2D eigenvalue weighted by Gasteiger charge is 2.52. The summed E-state index contributed by atoms with van der Waals surface area (Å²) >= 11 is 0. The Hall–Kier alpha value is -2.40. The molecule has 0 bridgehead atoms. The second-order valence-electron chi connectivity index (χ2n) is 7.47. The lowest BCUT2D eigenvalue weighted by Gasteiger charge is -2.43. The van der Waals surface area contributed by atoms with Crippen LogP contribution in [-0.4, -0.2) is 47.2 Å². The summed E-state index contributed by atoms with van der Waals surface area (Å²) in [4.78, 5) is 19.3. The monoisotopic (exact) mass is 366 g/mol. The van der Waals surface area contributed by atoms with Gasteiger partial charge in [0.05, 0.1) is 18.1 Å². The molecule has 4 rings (SSSR count). The van der Waals surface area contributed by atoms with Crippen LogP contribution in [0.5, 0.6) is 5.88 Å². The molecule has 3 atom stereocenters. The van der Waals surface area contributed by atoms with Gasteiger partial charge in [0, 0.05) is 32.3 Å². The van der Waals surface area contributed by atoms with E-state index in [9.17, 15) is 4.79 Å². The van der Waals surface area contributed by atoms with Crippen molar-refractivity contribution in [2.45, 2.75) is 49.9 Å². The highest BCUT2D eigenvalue weighted by Crippen LogP contribution is 2.43. The minimum atomic E-state index is -0.240. The molecule has 5 nitrogen and oxygen atoms in total. The molecular formula is C22H26N2O3. The highest BCUT2D eigenvalue weighted by atomic mass is 16.5. The lowest BCUT2D eigenvalue weighted by atomic mass is 9.79. The smallest absolute Gasteiger partial charge is 0.227 e. The zero-order valence-electron chi connectivity index (χ0n) is 15.7. The standard InChI is InChI=1S/C22H26N2O3/c1-26-22-11-10-18(27-20-9-5-6-13-23-20)16-19(22)24(14-12-22)21(25)15-17-7-3-2-4-8-17/h2-9,13,18-19H,10-12,14-16H2,1H3/t18-,19-,22+/m0/s1. The Morgan fingerprint density at radius 2 is 2.00 bits per heavy atom. The zero-order valence-corrected chi connectivity index (χ0v) is 15.7. The average molecular weight is 366 g/mol. The van der Waals surface area contributed by atoms with Gasteiger partial charge in [0.25, 0.3) is 0 Å². The molecule has 0 spiro atoms. The van der Waals surface area contributed by atoms with Gasteiger partial charge in [-0.2, -0.15) is 0 Å². The van der Waals surface area contributed by atoms with Crippen LogP contribution in [0.4, 0.5) is 0 Å². The van der Waals surface area contributed by atoms with Gasteiger partial charge in [-0.15, -0.1) is 0 Å². The minimum Gasteiger partial charge on any atom is -0.474 e. The maximum Gasteiger partial charge on any atom is 0.227 e. The van der Waals surface area contributed by atoms with Gasteiger partial charge >= 0.3 is 0 Å². The topological polar surface area (TPSA) is 51.7 Å². The van der Waals surface area contributed by atoms with Crippen molar-refractivity contribution in [1.82, 2.24) is 9.88 Å². The van der Waals surface area contributed by atoms with Crippen LogP contribution < -0.4 is 4.74 Å². The average Bonchev–Trinajstić information content (AvgIpc) is 3.09. The Balaban J connectivity index is 1.48. The largest absolute Gasteiger partial charge is 0.474 e. The molecule has 2 heterocycles. The number of aromatic nitrogens is 1. The summed E-state index contributed by atoms with van der Waals surface area (Å²) in [7, 11) is 1.78. The lowest BCUT2D eigenvalue weighted by molar-refractivity contribution is -0.138. The Labute approximate surface area is 160 Å². The van der Waals surface area contributed by atoms with Gasteiger partial charge in [-0.3, -0.25) is 4.79 Å². The van der Waals surface area contributed by atoms with Crippen LogP contribution in [0.15, 0.2) is 54.7 Å². The third-order valence-electron chi connectivity index (χ3n) is 5.99. The molecule has 0 radical (unpaired) electrons. The predicted molar refractivity (Wildman–Crippen MR) is 103 cm³/mol. The molecule has 2 aromatic rings. The summed E-state index contributed by atoms with van der Waals surface area (Å²) in [6, 6.07) is 15.7. The molecule has 0 unspecified atom stereocenters. The Kier molecular flexibility index (Phi) is 5.12. The number of ether oxygens (including phenoxy) is 2. The highest BCUT2D eigenvalue weighted by molar-refractivity contribution is 5.79. The third-order valence-corrected chi connectivity index (χ3v) is 5.99. The number of likely N-dealkylation sites (tertiary alicyclic amines) is 1. The fraction of sp³-hybridized carbons (Fsp3) is 0.455. The number of nitrogens with zero attached hydrogens (tertiary/aromatic N) is 2. The van der Waals surface area contributed by atoms with Crippen molar-refractivity contribution in [2.24, 2.45) is 0 Å². The van der Waals surface area contributed by atoms with Crippen LogP contribution in [0.2, 0.25) is 0 Å². The molecule has 1 aromatic heterocycles. The molecule has 1 amide bonds. The molecule has 2 aliphatic rings. The summed E-state index contributed by atoms with van der Waals surface area (Å²) in [5, 5.41) is 0. The minimum absolute atomic E-state index is 0.0540. The molecule has 0 N–H and O–H groups in total. The first-order chi connectivity index (χ1) is 13.2. The van der Waals surface area contributed by atoms with Crippen molar-refractivity contribution in [1.29, 1.82) is 0 Å². The van der Waals surface area contributed by atoms with Crippen LogP contribution in [0, 0.1) is 0 Å². The normalized spacial score (nSPS) is 27.2. The number of hydrogen-bond acceptors (Lipinski definition) is 4. The van der Waals surface area contributed by atoms with Gasteiger partial charge < -0.3 is 14.4 Å². The van der Waals surface area contributed by atoms with Crippen molar-refractivity contribution >= 4 is 5.91 Å². The van der Waals surface area contributed by atoms with Crippen molar-refractivity contribution in [3.8, 4) is 5.88 Å². The number of hydrogen-bond donors (Lipinski definition) is 0. The number of carbonyl (C=O) groups excluding carboxylic acids is 1. The molecular weight excluding hydrogens is 340 g/mol. The Morgan fingerprint density at radius 3 is 2.74 bits per heavy atom. The number of pyridine rings is 1. The van der Waals surface area contributed by atoms with Gasteiger partial charge in [-0.05, 0) is 30.9 Å². The van der Waals surface area contributed by atoms with Crippen LogP contribution in [0.1, 0.15) is 31.2 Å². The number of carbonyl (C=O) groups is 1. The maximum absolute atomic E-state index is 13.0. The predicted octanol–water partition coefficient (Wildman–Crippen LogP) is 3.24. The van der Waals surface area contributed by atoms with Crippen molar-refractivity contribution in [3.05, 3.63) is 60.3 Å². The van der Waals surface area contributed by atoms with Crippen LogP contribution in [-0.2, 0) is 16.0 Å². The second kappa shape index (κ2) is 7.69. The van der Waals surface area contributed by atoms with Gasteiger partial charge in [0.1, 0.15) is 6.10 Å². The zero-order chi connectivity index (χ0) is 18.7. The van der Waals surface area contributed by atoms with E-state index < -0.39 is 0 Å². The quantitative estimate of drug-likeness (QED) is 0.815. The van der Waals surface area contributed by atoms with E-state index in [2.05, 4.69) is 4.98 Å². The molecule has 1 saturated heterocycles. The second-order valence-corrected chi connectivity index (χ2v) is 7.47. The first-order valence-corrected chi connectivity index (χ1v) is 9.66. The summed E-state index contributed by atoms with van der Waals surface area (Å²) in [5.74, 6) is 0.816. The number of methoxy groups -OCH3 is 1. The van der Waals surface area contributed by atoms with Crippen LogP contribution in [0.25, 0.3) is 0 Å². The van der Waals surface area contributed by atoms with E-state index in [-0.39, 0.29) is 23.7 Å². The van der Waals surface area contributed by atoms with Crippen LogP contribution in [0.3, 0.4) is 0 Å². The Morgan fingerprint density at radius 1 is 1.19 bits per heavy atom. The van der Waals surface area contributed by atoms with E-state index in [0.717, 1.165) is 37.8 Å². The molecule has 27 heavy (non-hydrogen) atoms. The SMILES string of the molecule is CO[C@@]12CC[C@H](Oc3ccccn3)C[C@@H]1N(C(=O)Cc1ccccc1)CC2. The third kappa shape index (κ3) is 3.69. The summed E-state index contributed by atoms with van der Waals surface area (Å²) < 4.78 is 12.1. The molecule has 1 aliphatic carbocycles. The van der Waals surface area contributed by atoms with Crippen LogP contribution >= 0.6 is 0 Å². The molecule has 5 heteroatoms. The van der Waals surface area contributed by atoms with E-state index in [1.807, 2.05) is 53.4 Å². The number of benzene rings is 1. The molecule has 142 valence electrons. The van der Waals surface area contributed by atoms with Crippen molar-refractivity contribution < 1.29 is 14.3 Å². The van der Waals surface area contributed by atoms with E-state index in [4.69, 9.17) is 9.47 Å². The van der Waals surface area contributed by atoms with Gasteiger partial charge in [-0.25, -0.2) is 4.98 Å². The van der Waals surface area contributed by atoms with E-state index >= 15 is 0 Å².